The Labute approximate surface area is 117 Å². The zero-order chi connectivity index (χ0) is 14.6. The van der Waals surface area contributed by atoms with E-state index >= 15 is 0 Å². The van der Waals surface area contributed by atoms with Gasteiger partial charge in [0.1, 0.15) is 0 Å². The highest BCUT2D eigenvalue weighted by Crippen LogP contribution is 2.16. The third-order valence-corrected chi connectivity index (χ3v) is 5.72. The van der Waals surface area contributed by atoms with Crippen molar-refractivity contribution < 1.29 is 8.42 Å². The lowest BCUT2D eigenvalue weighted by molar-refractivity contribution is 0.520. The molecule has 0 aromatic heterocycles. The summed E-state index contributed by atoms with van der Waals surface area (Å²) in [7, 11) is -3.13. The van der Waals surface area contributed by atoms with E-state index < -0.39 is 9.84 Å². The Morgan fingerprint density at radius 2 is 1.63 bits per heavy atom. The van der Waals surface area contributed by atoms with Gasteiger partial charge in [-0.1, -0.05) is 36.2 Å². The van der Waals surface area contributed by atoms with Crippen LogP contribution >= 0.6 is 0 Å². The number of hydrogen-bond acceptors (Lipinski definition) is 3. The van der Waals surface area contributed by atoms with E-state index in [1.165, 1.54) is 0 Å². The van der Waals surface area contributed by atoms with Crippen LogP contribution in [0, 0.1) is 13.8 Å². The van der Waals surface area contributed by atoms with E-state index in [2.05, 4.69) is 11.4 Å². The van der Waals surface area contributed by atoms with Crippen molar-refractivity contribution >= 4 is 9.84 Å². The fraction of sp³-hybridized carbons (Fsp3) is 0.600. The Hall–Kier alpha value is -0.870. The van der Waals surface area contributed by atoms with E-state index in [1.54, 1.807) is 6.92 Å². The molecular formula is C15H25NO2S. The highest BCUT2D eigenvalue weighted by atomic mass is 32.2. The fourth-order valence-corrected chi connectivity index (χ4v) is 3.93. The van der Waals surface area contributed by atoms with Gasteiger partial charge in [-0.05, 0) is 39.8 Å². The summed E-state index contributed by atoms with van der Waals surface area (Å²) in [6.07, 6.45) is 0. The number of hydrogen-bond donors (Lipinski definition) is 1. The molecule has 1 N–H and O–H groups in total. The van der Waals surface area contributed by atoms with Crippen LogP contribution < -0.4 is 5.32 Å². The molecular weight excluding hydrogens is 258 g/mol. The Kier molecular flexibility index (Phi) is 5.56. The summed E-state index contributed by atoms with van der Waals surface area (Å²) in [4.78, 5) is 0. The molecule has 0 fully saturated rings. The maximum Gasteiger partial charge on any atom is 0.158 e. The predicted molar refractivity (Wildman–Crippen MR) is 81.1 cm³/mol. The maximum absolute atomic E-state index is 12.4. The average Bonchev–Trinajstić information content (AvgIpc) is 2.26. The van der Waals surface area contributed by atoms with Crippen LogP contribution in [0.2, 0.25) is 0 Å². The van der Waals surface area contributed by atoms with Gasteiger partial charge >= 0.3 is 0 Å². The van der Waals surface area contributed by atoms with Crippen LogP contribution in [-0.4, -0.2) is 26.3 Å². The normalized spacial score (nSPS) is 15.2. The molecule has 1 aromatic carbocycles. The molecule has 0 spiro atoms. The molecule has 0 aliphatic carbocycles. The molecule has 1 aromatic rings. The second kappa shape index (κ2) is 6.53. The number of nitrogens with one attached hydrogen (secondary N) is 1. The van der Waals surface area contributed by atoms with E-state index in [0.29, 0.717) is 0 Å². The van der Waals surface area contributed by atoms with E-state index in [0.717, 1.165) is 23.2 Å². The van der Waals surface area contributed by atoms with Crippen molar-refractivity contribution in [2.75, 3.05) is 6.54 Å². The smallest absolute Gasteiger partial charge is 0.158 e. The van der Waals surface area contributed by atoms with Gasteiger partial charge in [0.15, 0.2) is 9.84 Å². The van der Waals surface area contributed by atoms with Gasteiger partial charge in [0.2, 0.25) is 0 Å². The summed E-state index contributed by atoms with van der Waals surface area (Å²) in [5, 5.41) is 2.80. The molecule has 0 aliphatic rings. The second-order valence-corrected chi connectivity index (χ2v) is 7.71. The van der Waals surface area contributed by atoms with Gasteiger partial charge in [-0.15, -0.1) is 0 Å². The van der Waals surface area contributed by atoms with Crippen LogP contribution in [0.1, 0.15) is 37.5 Å². The van der Waals surface area contributed by atoms with E-state index in [1.807, 2.05) is 39.8 Å². The molecule has 0 bridgehead atoms. The number of benzene rings is 1. The lowest BCUT2D eigenvalue weighted by Crippen LogP contribution is -2.40. The van der Waals surface area contributed by atoms with E-state index in [-0.39, 0.29) is 17.0 Å². The average molecular weight is 283 g/mol. The van der Waals surface area contributed by atoms with Gasteiger partial charge in [0.25, 0.3) is 0 Å². The van der Waals surface area contributed by atoms with Gasteiger partial charge in [0.05, 0.1) is 11.0 Å². The third kappa shape index (κ3) is 4.62. The van der Waals surface area contributed by atoms with Gasteiger partial charge < -0.3 is 5.32 Å². The van der Waals surface area contributed by atoms with Crippen LogP contribution in [-0.2, 0) is 15.6 Å². The van der Waals surface area contributed by atoms with Crippen molar-refractivity contribution in [3.63, 3.8) is 0 Å². The van der Waals surface area contributed by atoms with Crippen molar-refractivity contribution in [1.82, 2.24) is 5.32 Å². The van der Waals surface area contributed by atoms with Crippen LogP contribution in [0.25, 0.3) is 0 Å². The molecule has 2 unspecified atom stereocenters. The standard InChI is InChI=1S/C15H25NO2S/c1-6-16-13(4)14(5)19(17,18)10-15-8-11(2)7-12(3)9-15/h7-9,13-14,16H,6,10H2,1-5H3. The van der Waals surface area contributed by atoms with Crippen molar-refractivity contribution in [3.8, 4) is 0 Å². The van der Waals surface area contributed by atoms with Crippen LogP contribution in [0.3, 0.4) is 0 Å². The first kappa shape index (κ1) is 16.2. The Morgan fingerprint density at radius 3 is 2.11 bits per heavy atom. The van der Waals surface area contributed by atoms with Crippen LogP contribution in [0.5, 0.6) is 0 Å². The van der Waals surface area contributed by atoms with Gasteiger partial charge in [-0.3, -0.25) is 0 Å². The minimum atomic E-state index is -3.13. The van der Waals surface area contributed by atoms with Crippen LogP contribution in [0.4, 0.5) is 0 Å². The Bertz CT molecular complexity index is 503. The van der Waals surface area contributed by atoms with Crippen LogP contribution in [0.15, 0.2) is 18.2 Å². The molecule has 0 saturated carbocycles. The number of rotatable bonds is 6. The fourth-order valence-electron chi connectivity index (χ4n) is 2.32. The lowest BCUT2D eigenvalue weighted by Gasteiger charge is -2.21. The van der Waals surface area contributed by atoms with Crippen molar-refractivity contribution in [2.24, 2.45) is 0 Å². The van der Waals surface area contributed by atoms with Crippen molar-refractivity contribution in [2.45, 2.75) is 51.7 Å². The molecule has 108 valence electrons. The van der Waals surface area contributed by atoms with Gasteiger partial charge in [-0.25, -0.2) is 8.42 Å². The van der Waals surface area contributed by atoms with E-state index in [4.69, 9.17) is 0 Å². The molecule has 0 heterocycles. The quantitative estimate of drug-likeness (QED) is 0.873. The summed E-state index contributed by atoms with van der Waals surface area (Å²) in [5.41, 5.74) is 3.10. The first-order valence-corrected chi connectivity index (χ1v) is 8.50. The molecule has 0 aliphatic heterocycles. The monoisotopic (exact) mass is 283 g/mol. The number of aryl methyl sites for hydroxylation is 2. The molecule has 2 atom stereocenters. The zero-order valence-electron chi connectivity index (χ0n) is 12.5. The first-order chi connectivity index (χ1) is 8.76. The molecule has 0 radical (unpaired) electrons. The van der Waals surface area contributed by atoms with Crippen molar-refractivity contribution in [3.05, 3.63) is 34.9 Å². The molecule has 0 amide bonds. The highest BCUT2D eigenvalue weighted by Gasteiger charge is 2.26. The minimum Gasteiger partial charge on any atom is -0.313 e. The summed E-state index contributed by atoms with van der Waals surface area (Å²) in [6, 6.07) is 5.94. The predicted octanol–water partition coefficient (Wildman–Crippen LogP) is 2.60. The SMILES string of the molecule is CCNC(C)C(C)S(=O)(=O)Cc1cc(C)cc(C)c1. The highest BCUT2D eigenvalue weighted by molar-refractivity contribution is 7.91. The molecule has 1 rings (SSSR count). The van der Waals surface area contributed by atoms with E-state index in [9.17, 15) is 8.42 Å². The largest absolute Gasteiger partial charge is 0.313 e. The minimum absolute atomic E-state index is 0.0269. The molecule has 19 heavy (non-hydrogen) atoms. The summed E-state index contributed by atoms with van der Waals surface area (Å²) < 4.78 is 24.8. The maximum atomic E-state index is 12.4. The molecule has 0 saturated heterocycles. The van der Waals surface area contributed by atoms with Gasteiger partial charge in [0, 0.05) is 6.04 Å². The first-order valence-electron chi connectivity index (χ1n) is 6.78. The molecule has 3 nitrogen and oxygen atoms in total. The zero-order valence-corrected chi connectivity index (χ0v) is 13.3. The Morgan fingerprint density at radius 1 is 1.11 bits per heavy atom. The summed E-state index contributed by atoms with van der Waals surface area (Å²) >= 11 is 0. The Balaban J connectivity index is 2.90. The molecule has 4 heteroatoms. The summed E-state index contributed by atoms with van der Waals surface area (Å²) in [5.74, 6) is 0.117. The third-order valence-electron chi connectivity index (χ3n) is 3.45. The van der Waals surface area contributed by atoms with Gasteiger partial charge in [-0.2, -0.15) is 0 Å². The second-order valence-electron chi connectivity index (χ2n) is 5.35. The summed E-state index contributed by atoms with van der Waals surface area (Å²) in [6.45, 7) is 10.5. The topological polar surface area (TPSA) is 46.2 Å². The lowest BCUT2D eigenvalue weighted by atomic mass is 10.1. The van der Waals surface area contributed by atoms with Crippen molar-refractivity contribution in [1.29, 1.82) is 0 Å². The number of sulfone groups is 1.